The van der Waals surface area contributed by atoms with E-state index < -0.39 is 77.6 Å². The molecule has 57 heavy (non-hydrogen) atoms. The highest BCUT2D eigenvalue weighted by molar-refractivity contribution is 5.99. The lowest BCUT2D eigenvalue weighted by Crippen LogP contribution is -2.53. The molecular formula is C39H38F4N6O8. The van der Waals surface area contributed by atoms with Gasteiger partial charge >= 0.3 is 23.8 Å². The molecule has 1 unspecified atom stereocenters. The summed E-state index contributed by atoms with van der Waals surface area (Å²) in [7, 11) is 1.49. The average molecular weight is 795 g/mol. The number of hydrogen-bond donors (Lipinski definition) is 1. The lowest BCUT2D eigenvalue weighted by molar-refractivity contribution is -0.174. The number of halogens is 4. The summed E-state index contributed by atoms with van der Waals surface area (Å²) in [6.45, 7) is 4.45. The number of nitrogens with zero attached hydrogens (tertiary/aromatic N) is 5. The van der Waals surface area contributed by atoms with Gasteiger partial charge in [0.25, 0.3) is 11.5 Å². The lowest BCUT2D eigenvalue weighted by atomic mass is 9.98. The van der Waals surface area contributed by atoms with Crippen molar-refractivity contribution in [1.29, 1.82) is 0 Å². The maximum atomic E-state index is 15.8. The van der Waals surface area contributed by atoms with E-state index in [0.717, 1.165) is 15.5 Å². The second-order valence-electron chi connectivity index (χ2n) is 14.5. The van der Waals surface area contributed by atoms with E-state index in [2.05, 4.69) is 15.3 Å². The minimum absolute atomic E-state index is 0.0154. The fraction of sp³-hybridized carbons (Fsp3) is 0.359. The Labute approximate surface area is 322 Å². The van der Waals surface area contributed by atoms with Crippen LogP contribution in [0.25, 0.3) is 27.5 Å². The molecule has 0 radical (unpaired) electrons. The van der Waals surface area contributed by atoms with Crippen molar-refractivity contribution in [2.75, 3.05) is 31.5 Å². The zero-order valence-electron chi connectivity index (χ0n) is 31.5. The Bertz CT molecular complexity index is 2490. The Morgan fingerprint density at radius 3 is 2.49 bits per heavy atom. The van der Waals surface area contributed by atoms with Gasteiger partial charge in [0.15, 0.2) is 0 Å². The van der Waals surface area contributed by atoms with Crippen LogP contribution < -0.4 is 21.5 Å². The number of anilines is 1. The number of carbonyl (C=O) groups excluding carboxylic acids is 3. The number of amides is 1. The number of aryl methyl sites for hydroxylation is 2. The number of hydrogen-bond acceptors (Lipinski definition) is 11. The topological polar surface area (TPSA) is 164 Å². The van der Waals surface area contributed by atoms with Crippen molar-refractivity contribution in [3.05, 3.63) is 104 Å². The number of aromatic nitrogens is 4. The maximum Gasteiger partial charge on any atom is 0.411 e. The molecule has 1 fully saturated rings. The predicted molar refractivity (Wildman–Crippen MR) is 198 cm³/mol. The summed E-state index contributed by atoms with van der Waals surface area (Å²) in [5.41, 5.74) is -1.88. The molecule has 6 rings (SSSR count). The number of pyridine rings is 2. The minimum Gasteiger partial charge on any atom is -0.427 e. The Hall–Kier alpha value is -6.17. The van der Waals surface area contributed by atoms with Crippen LogP contribution in [0.4, 0.5) is 23.2 Å². The van der Waals surface area contributed by atoms with Crippen LogP contribution in [0, 0.1) is 18.2 Å². The molecule has 1 N–H and O–H groups in total. The number of ether oxygens (including phenoxy) is 3. The van der Waals surface area contributed by atoms with Crippen molar-refractivity contribution >= 4 is 45.3 Å². The van der Waals surface area contributed by atoms with Gasteiger partial charge in [0.2, 0.25) is 6.79 Å². The Morgan fingerprint density at radius 2 is 1.79 bits per heavy atom. The molecule has 0 bridgehead atoms. The fourth-order valence-electron chi connectivity index (χ4n) is 6.55. The highest BCUT2D eigenvalue weighted by atomic mass is 19.4. The minimum atomic E-state index is -4.67. The Balaban J connectivity index is 1.36. The third kappa shape index (κ3) is 8.21. The lowest BCUT2D eigenvalue weighted by Gasteiger charge is -2.38. The van der Waals surface area contributed by atoms with Crippen molar-refractivity contribution in [2.45, 2.75) is 52.4 Å². The van der Waals surface area contributed by atoms with Crippen LogP contribution in [-0.2, 0) is 37.3 Å². The van der Waals surface area contributed by atoms with Crippen LogP contribution in [0.1, 0.15) is 42.3 Å². The second kappa shape index (κ2) is 15.8. The number of alkyl halides is 3. The molecule has 1 amide bonds. The predicted octanol–water partition coefficient (Wildman–Crippen LogP) is 4.28. The van der Waals surface area contributed by atoms with Gasteiger partial charge in [-0.1, -0.05) is 12.1 Å². The standard InChI is InChI=1S/C39H38F4N6O8/c1-21-15-23(48-13-14-55-19-30(48)39(41,42)43)17-26(40)31(21)33(50)46-27(35(52)56-20-57-36(53)38(2,3)4)16-22-8-9-28(32-24(22)7-6-11-45-32)49-34(51)25-10-12-44-18-29(25)47(5)37(49)54/h6-12,15,17-18,27,30H,13-14,16,19-20H2,1-5H3,(H,46,50)/t27?,30-/m1/s1. The van der Waals surface area contributed by atoms with E-state index >= 15 is 4.39 Å². The van der Waals surface area contributed by atoms with Crippen molar-refractivity contribution < 1.29 is 46.2 Å². The maximum absolute atomic E-state index is 15.8. The smallest absolute Gasteiger partial charge is 0.411 e. The van der Waals surface area contributed by atoms with Gasteiger partial charge in [-0.15, -0.1) is 0 Å². The molecule has 0 saturated carbocycles. The van der Waals surface area contributed by atoms with Crippen molar-refractivity contribution in [3.63, 3.8) is 0 Å². The first kappa shape index (κ1) is 40.5. The molecule has 1 saturated heterocycles. The van der Waals surface area contributed by atoms with Gasteiger partial charge in [0, 0.05) is 43.5 Å². The van der Waals surface area contributed by atoms with Gasteiger partial charge in [-0.05, 0) is 69.2 Å². The molecule has 2 aromatic carbocycles. The van der Waals surface area contributed by atoms with E-state index in [1.165, 1.54) is 61.4 Å². The summed E-state index contributed by atoms with van der Waals surface area (Å²) < 4.78 is 74.8. The quantitative estimate of drug-likeness (QED) is 0.129. The van der Waals surface area contributed by atoms with Crippen molar-refractivity contribution in [2.24, 2.45) is 12.5 Å². The van der Waals surface area contributed by atoms with Crippen LogP contribution in [0.3, 0.4) is 0 Å². The van der Waals surface area contributed by atoms with Gasteiger partial charge in [0.1, 0.15) is 17.9 Å². The zero-order valence-corrected chi connectivity index (χ0v) is 31.5. The third-order valence-corrected chi connectivity index (χ3v) is 9.51. The van der Waals surface area contributed by atoms with Gasteiger partial charge in [-0.2, -0.15) is 13.2 Å². The molecule has 0 aliphatic carbocycles. The number of benzene rings is 2. The number of esters is 2. The summed E-state index contributed by atoms with van der Waals surface area (Å²) in [4.78, 5) is 76.3. The number of nitrogens with one attached hydrogen (secondary N) is 1. The largest absolute Gasteiger partial charge is 0.427 e. The molecule has 5 aromatic rings. The van der Waals surface area contributed by atoms with Gasteiger partial charge < -0.3 is 24.4 Å². The number of morpholine rings is 1. The molecule has 4 heterocycles. The fourth-order valence-corrected chi connectivity index (χ4v) is 6.55. The van der Waals surface area contributed by atoms with E-state index in [1.54, 1.807) is 32.9 Å². The Morgan fingerprint density at radius 1 is 1.04 bits per heavy atom. The number of carbonyl (C=O) groups is 3. The van der Waals surface area contributed by atoms with E-state index in [9.17, 15) is 37.1 Å². The summed E-state index contributed by atoms with van der Waals surface area (Å²) >= 11 is 0. The van der Waals surface area contributed by atoms with Gasteiger partial charge in [0.05, 0.1) is 52.5 Å². The number of rotatable bonds is 9. The summed E-state index contributed by atoms with van der Waals surface area (Å²) in [6, 6.07) is 6.13. The van der Waals surface area contributed by atoms with Gasteiger partial charge in [-0.3, -0.25) is 28.9 Å². The molecule has 1 aliphatic rings. The van der Waals surface area contributed by atoms with Gasteiger partial charge in [-0.25, -0.2) is 18.5 Å². The molecule has 18 heteroatoms. The zero-order chi connectivity index (χ0) is 41.4. The molecule has 300 valence electrons. The number of fused-ring (bicyclic) bond motifs is 2. The first-order valence-electron chi connectivity index (χ1n) is 17.7. The van der Waals surface area contributed by atoms with Crippen molar-refractivity contribution in [1.82, 2.24) is 24.4 Å². The monoisotopic (exact) mass is 794 g/mol. The first-order chi connectivity index (χ1) is 26.9. The molecular weight excluding hydrogens is 756 g/mol. The summed E-state index contributed by atoms with van der Waals surface area (Å²) in [5, 5.41) is 3.08. The Kier molecular flexibility index (Phi) is 11.2. The van der Waals surface area contributed by atoms with Crippen LogP contribution in [0.2, 0.25) is 0 Å². The van der Waals surface area contributed by atoms with Crippen LogP contribution in [0.5, 0.6) is 0 Å². The van der Waals surface area contributed by atoms with Crippen LogP contribution in [-0.4, -0.2) is 81.8 Å². The second-order valence-corrected chi connectivity index (χ2v) is 14.5. The van der Waals surface area contributed by atoms with E-state index in [4.69, 9.17) is 14.2 Å². The van der Waals surface area contributed by atoms with Crippen LogP contribution in [0.15, 0.2) is 70.6 Å². The SMILES string of the molecule is Cc1cc(N2CCOC[C@@H]2C(F)(F)F)cc(F)c1C(=O)NC(Cc1ccc(-n2c(=O)c3ccncc3n(C)c2=O)c2ncccc12)C(=O)OCOC(=O)C(C)(C)C. The average Bonchev–Trinajstić information content (AvgIpc) is 3.16. The molecule has 3 aromatic heterocycles. The normalized spacial score (nSPS) is 15.4. The molecule has 2 atom stereocenters. The summed E-state index contributed by atoms with van der Waals surface area (Å²) in [6.07, 6.45) is -0.725. The summed E-state index contributed by atoms with van der Waals surface area (Å²) in [5.74, 6) is -3.98. The van der Waals surface area contributed by atoms with E-state index in [-0.39, 0.29) is 47.4 Å². The third-order valence-electron chi connectivity index (χ3n) is 9.51. The molecule has 14 nitrogen and oxygen atoms in total. The van der Waals surface area contributed by atoms with E-state index in [0.29, 0.717) is 16.5 Å². The van der Waals surface area contributed by atoms with E-state index in [1.807, 2.05) is 0 Å². The molecule has 0 spiro atoms. The van der Waals surface area contributed by atoms with Crippen molar-refractivity contribution in [3.8, 4) is 5.69 Å². The molecule has 1 aliphatic heterocycles. The first-order valence-corrected chi connectivity index (χ1v) is 17.7. The highest BCUT2D eigenvalue weighted by Crippen LogP contribution is 2.33. The highest BCUT2D eigenvalue weighted by Gasteiger charge is 2.46. The van der Waals surface area contributed by atoms with Crippen LogP contribution >= 0.6 is 0 Å².